The fourth-order valence-electron chi connectivity index (χ4n) is 2.56. The molecule has 0 saturated heterocycles. The zero-order valence-electron chi connectivity index (χ0n) is 10.6. The molecule has 0 amide bonds. The highest BCUT2D eigenvalue weighted by Gasteiger charge is 2.41. The van der Waals surface area contributed by atoms with Crippen LogP contribution in [-0.2, 0) is 0 Å². The van der Waals surface area contributed by atoms with Crippen molar-refractivity contribution < 1.29 is 0 Å². The molecule has 2 saturated carbocycles. The molecule has 88 valence electrons. The molecule has 0 aromatic heterocycles. The number of rotatable bonds is 7. The zero-order valence-corrected chi connectivity index (χ0v) is 10.6. The monoisotopic (exact) mass is 209 g/mol. The van der Waals surface area contributed by atoms with Crippen molar-refractivity contribution in [3.63, 3.8) is 0 Å². The van der Waals surface area contributed by atoms with E-state index >= 15 is 0 Å². The highest BCUT2D eigenvalue weighted by atomic mass is 15.0. The topological polar surface area (TPSA) is 12.0 Å². The van der Waals surface area contributed by atoms with Crippen LogP contribution in [0.4, 0.5) is 0 Å². The summed E-state index contributed by atoms with van der Waals surface area (Å²) in [6.07, 6.45) is 8.69. The molecule has 0 radical (unpaired) electrons. The first-order valence-electron chi connectivity index (χ1n) is 6.93. The van der Waals surface area contributed by atoms with Gasteiger partial charge in [0.25, 0.3) is 0 Å². The molecule has 0 spiro atoms. The van der Waals surface area contributed by atoms with Gasteiger partial charge in [-0.25, -0.2) is 0 Å². The van der Waals surface area contributed by atoms with Crippen molar-refractivity contribution in [2.75, 3.05) is 0 Å². The normalized spacial score (nSPS) is 23.8. The van der Waals surface area contributed by atoms with Crippen LogP contribution in [0.15, 0.2) is 0 Å². The van der Waals surface area contributed by atoms with E-state index in [-0.39, 0.29) is 0 Å². The average Bonchev–Trinajstić information content (AvgIpc) is 3.02. The van der Waals surface area contributed by atoms with Crippen LogP contribution in [-0.4, -0.2) is 12.1 Å². The van der Waals surface area contributed by atoms with Crippen LogP contribution in [0, 0.1) is 17.8 Å². The van der Waals surface area contributed by atoms with Gasteiger partial charge in [-0.05, 0) is 63.2 Å². The summed E-state index contributed by atoms with van der Waals surface area (Å²) in [5.74, 6) is 2.94. The van der Waals surface area contributed by atoms with Crippen molar-refractivity contribution in [3.8, 4) is 0 Å². The molecule has 0 heterocycles. The highest BCUT2D eigenvalue weighted by molar-refractivity contribution is 4.97. The van der Waals surface area contributed by atoms with Crippen molar-refractivity contribution in [1.82, 2.24) is 5.32 Å². The van der Waals surface area contributed by atoms with Gasteiger partial charge >= 0.3 is 0 Å². The van der Waals surface area contributed by atoms with Crippen LogP contribution >= 0.6 is 0 Å². The third-order valence-corrected chi connectivity index (χ3v) is 3.91. The van der Waals surface area contributed by atoms with Gasteiger partial charge in [-0.1, -0.05) is 13.8 Å². The molecule has 1 heteroatoms. The van der Waals surface area contributed by atoms with Gasteiger partial charge in [0.2, 0.25) is 0 Å². The van der Waals surface area contributed by atoms with E-state index in [0.717, 1.165) is 29.8 Å². The Morgan fingerprint density at radius 3 is 1.87 bits per heavy atom. The summed E-state index contributed by atoms with van der Waals surface area (Å²) in [5.41, 5.74) is 0. The lowest BCUT2D eigenvalue weighted by atomic mass is 10.0. The highest BCUT2D eigenvalue weighted by Crippen LogP contribution is 2.44. The Hall–Kier alpha value is -0.0400. The second kappa shape index (κ2) is 4.86. The Bertz CT molecular complexity index is 180. The van der Waals surface area contributed by atoms with Gasteiger partial charge in [-0.2, -0.15) is 0 Å². The van der Waals surface area contributed by atoms with Gasteiger partial charge in [0, 0.05) is 12.1 Å². The maximum absolute atomic E-state index is 3.90. The van der Waals surface area contributed by atoms with Crippen LogP contribution in [0.5, 0.6) is 0 Å². The molecular formula is C14H27N. The van der Waals surface area contributed by atoms with Crippen LogP contribution in [0.1, 0.15) is 59.3 Å². The fraction of sp³-hybridized carbons (Fsp3) is 1.00. The maximum atomic E-state index is 3.90. The van der Waals surface area contributed by atoms with Crippen molar-refractivity contribution in [2.45, 2.75) is 71.4 Å². The summed E-state index contributed by atoms with van der Waals surface area (Å²) in [5, 5.41) is 3.90. The zero-order chi connectivity index (χ0) is 10.8. The molecule has 2 aliphatic carbocycles. The molecule has 1 atom stereocenters. The minimum absolute atomic E-state index is 0.735. The lowest BCUT2D eigenvalue weighted by molar-refractivity contribution is 0.348. The van der Waals surface area contributed by atoms with Crippen LogP contribution in [0.3, 0.4) is 0 Å². The first kappa shape index (κ1) is 11.4. The van der Waals surface area contributed by atoms with Gasteiger partial charge in [0.1, 0.15) is 0 Å². The van der Waals surface area contributed by atoms with E-state index < -0.39 is 0 Å². The summed E-state index contributed by atoms with van der Waals surface area (Å²) in [7, 11) is 0. The predicted octanol–water partition coefficient (Wildman–Crippen LogP) is 3.59. The molecule has 0 bridgehead atoms. The summed E-state index contributed by atoms with van der Waals surface area (Å²) in [6.45, 7) is 7.03. The lowest BCUT2D eigenvalue weighted by Gasteiger charge is -2.23. The van der Waals surface area contributed by atoms with Gasteiger partial charge in [0.05, 0.1) is 0 Å². The molecule has 0 aliphatic heterocycles. The van der Waals surface area contributed by atoms with Crippen molar-refractivity contribution in [3.05, 3.63) is 0 Å². The van der Waals surface area contributed by atoms with E-state index in [1.54, 1.807) is 0 Å². The molecule has 1 nitrogen and oxygen atoms in total. The minimum atomic E-state index is 0.735. The van der Waals surface area contributed by atoms with E-state index in [0.29, 0.717) is 0 Å². The molecule has 2 aliphatic rings. The average molecular weight is 209 g/mol. The predicted molar refractivity (Wildman–Crippen MR) is 65.9 cm³/mol. The Morgan fingerprint density at radius 1 is 0.933 bits per heavy atom. The third-order valence-electron chi connectivity index (χ3n) is 3.91. The molecular weight excluding hydrogens is 182 g/mol. The van der Waals surface area contributed by atoms with E-state index in [1.165, 1.54) is 38.5 Å². The summed E-state index contributed by atoms with van der Waals surface area (Å²) >= 11 is 0. The molecule has 2 rings (SSSR count). The van der Waals surface area contributed by atoms with Crippen molar-refractivity contribution in [1.29, 1.82) is 0 Å². The quantitative estimate of drug-likeness (QED) is 0.675. The van der Waals surface area contributed by atoms with E-state index in [9.17, 15) is 0 Å². The molecule has 1 unspecified atom stereocenters. The van der Waals surface area contributed by atoms with Gasteiger partial charge in [-0.15, -0.1) is 0 Å². The Morgan fingerprint density at radius 2 is 1.47 bits per heavy atom. The Balaban J connectivity index is 1.68. The van der Waals surface area contributed by atoms with Crippen molar-refractivity contribution in [2.24, 2.45) is 17.8 Å². The second-order valence-electron chi connectivity index (χ2n) is 6.24. The fourth-order valence-corrected chi connectivity index (χ4v) is 2.56. The van der Waals surface area contributed by atoms with Crippen LogP contribution in [0.25, 0.3) is 0 Å². The summed E-state index contributed by atoms with van der Waals surface area (Å²) in [6, 6.07) is 1.62. The Labute approximate surface area is 95.0 Å². The SMILES string of the molecule is CC(C)CCC(C)NC(C1CC1)C1CC1. The lowest BCUT2D eigenvalue weighted by Crippen LogP contribution is -2.39. The smallest absolute Gasteiger partial charge is 0.0126 e. The molecule has 2 fully saturated rings. The largest absolute Gasteiger partial charge is 0.311 e. The summed E-state index contributed by atoms with van der Waals surface area (Å²) < 4.78 is 0. The molecule has 0 aromatic rings. The van der Waals surface area contributed by atoms with Gasteiger partial charge < -0.3 is 5.32 Å². The first-order valence-corrected chi connectivity index (χ1v) is 6.93. The van der Waals surface area contributed by atoms with Gasteiger partial charge in [0.15, 0.2) is 0 Å². The van der Waals surface area contributed by atoms with Crippen LogP contribution in [0.2, 0.25) is 0 Å². The molecule has 1 N–H and O–H groups in total. The summed E-state index contributed by atoms with van der Waals surface area (Å²) in [4.78, 5) is 0. The number of hydrogen-bond acceptors (Lipinski definition) is 1. The minimum Gasteiger partial charge on any atom is -0.311 e. The Kier molecular flexibility index (Phi) is 3.71. The third kappa shape index (κ3) is 3.79. The number of nitrogens with one attached hydrogen (secondary N) is 1. The van der Waals surface area contributed by atoms with Gasteiger partial charge in [-0.3, -0.25) is 0 Å². The maximum Gasteiger partial charge on any atom is 0.0126 e. The van der Waals surface area contributed by atoms with Crippen molar-refractivity contribution >= 4 is 0 Å². The van der Waals surface area contributed by atoms with E-state index in [2.05, 4.69) is 26.1 Å². The molecule has 0 aromatic carbocycles. The van der Waals surface area contributed by atoms with E-state index in [1.807, 2.05) is 0 Å². The number of hydrogen-bond donors (Lipinski definition) is 1. The molecule has 15 heavy (non-hydrogen) atoms. The first-order chi connectivity index (χ1) is 7.16. The van der Waals surface area contributed by atoms with Crippen LogP contribution < -0.4 is 5.32 Å². The van der Waals surface area contributed by atoms with E-state index in [4.69, 9.17) is 0 Å². The second-order valence-corrected chi connectivity index (χ2v) is 6.24. The standard InChI is InChI=1S/C14H27N/c1-10(2)4-5-11(3)15-14(12-6-7-12)13-8-9-13/h10-15H,4-9H2,1-3H3.